The molecule has 2 heterocycles. The summed E-state index contributed by atoms with van der Waals surface area (Å²) in [4.78, 5) is 0. The number of nitrogens with zero attached hydrogens (tertiary/aromatic N) is 3. The Morgan fingerprint density at radius 3 is 2.76 bits per heavy atom. The van der Waals surface area contributed by atoms with Crippen LogP contribution in [0.2, 0.25) is 0 Å². The van der Waals surface area contributed by atoms with E-state index in [1.165, 1.54) is 5.56 Å². The lowest BCUT2D eigenvalue weighted by Gasteiger charge is -2.13. The SMILES string of the molecule is CC(Cc1ccc(O)cc1)NCc1nnc2ccccn12. The van der Waals surface area contributed by atoms with Crippen molar-refractivity contribution in [3.05, 3.63) is 60.0 Å². The van der Waals surface area contributed by atoms with Gasteiger partial charge in [-0.3, -0.25) is 4.40 Å². The van der Waals surface area contributed by atoms with E-state index in [1.54, 1.807) is 12.1 Å². The lowest BCUT2D eigenvalue weighted by molar-refractivity contribution is 0.474. The van der Waals surface area contributed by atoms with Crippen LogP contribution in [0, 0.1) is 0 Å². The molecule has 108 valence electrons. The highest BCUT2D eigenvalue weighted by Crippen LogP contribution is 2.11. The molecule has 5 heteroatoms. The Hall–Kier alpha value is -2.40. The topological polar surface area (TPSA) is 62.5 Å². The highest BCUT2D eigenvalue weighted by atomic mass is 16.3. The molecule has 3 rings (SSSR count). The Labute approximate surface area is 123 Å². The Balaban J connectivity index is 1.60. The molecule has 0 aliphatic heterocycles. The number of fused-ring (bicyclic) bond motifs is 1. The van der Waals surface area contributed by atoms with E-state index < -0.39 is 0 Å². The minimum absolute atomic E-state index is 0.300. The first-order valence-electron chi connectivity index (χ1n) is 7.02. The first-order valence-corrected chi connectivity index (χ1v) is 7.02. The standard InChI is InChI=1S/C16H18N4O/c1-12(10-13-5-7-14(21)8-6-13)17-11-16-19-18-15-4-2-3-9-20(15)16/h2-9,12,17,21H,10-11H2,1H3. The predicted octanol–water partition coefficient (Wildman–Crippen LogP) is 2.16. The van der Waals surface area contributed by atoms with Gasteiger partial charge in [0.1, 0.15) is 5.75 Å². The quantitative estimate of drug-likeness (QED) is 0.752. The van der Waals surface area contributed by atoms with Gasteiger partial charge in [0.25, 0.3) is 0 Å². The second kappa shape index (κ2) is 5.93. The summed E-state index contributed by atoms with van der Waals surface area (Å²) >= 11 is 0. The molecular formula is C16H18N4O. The van der Waals surface area contributed by atoms with Crippen LogP contribution in [0.15, 0.2) is 48.7 Å². The van der Waals surface area contributed by atoms with Crippen molar-refractivity contribution in [3.8, 4) is 5.75 Å². The third-order valence-electron chi connectivity index (χ3n) is 3.47. The number of nitrogens with one attached hydrogen (secondary N) is 1. The summed E-state index contributed by atoms with van der Waals surface area (Å²) in [5, 5.41) is 21.1. The van der Waals surface area contributed by atoms with E-state index in [2.05, 4.69) is 22.4 Å². The van der Waals surface area contributed by atoms with Crippen molar-refractivity contribution >= 4 is 5.65 Å². The number of phenols is 1. The molecule has 2 N–H and O–H groups in total. The van der Waals surface area contributed by atoms with E-state index in [0.29, 0.717) is 18.3 Å². The normalized spacial score (nSPS) is 12.6. The van der Waals surface area contributed by atoms with Crippen molar-refractivity contribution in [1.82, 2.24) is 19.9 Å². The van der Waals surface area contributed by atoms with Gasteiger partial charge < -0.3 is 10.4 Å². The lowest BCUT2D eigenvalue weighted by Crippen LogP contribution is -2.28. The van der Waals surface area contributed by atoms with Crippen molar-refractivity contribution in [2.75, 3.05) is 0 Å². The lowest BCUT2D eigenvalue weighted by atomic mass is 10.1. The van der Waals surface area contributed by atoms with E-state index in [0.717, 1.165) is 17.9 Å². The molecular weight excluding hydrogens is 264 g/mol. The molecule has 1 unspecified atom stereocenters. The third-order valence-corrected chi connectivity index (χ3v) is 3.47. The molecule has 0 fully saturated rings. The molecule has 0 aliphatic rings. The van der Waals surface area contributed by atoms with Crippen molar-refractivity contribution in [2.45, 2.75) is 25.9 Å². The van der Waals surface area contributed by atoms with Crippen LogP contribution in [0.5, 0.6) is 5.75 Å². The Morgan fingerprint density at radius 1 is 1.14 bits per heavy atom. The highest BCUT2D eigenvalue weighted by Gasteiger charge is 2.07. The molecule has 1 atom stereocenters. The van der Waals surface area contributed by atoms with Crippen LogP contribution < -0.4 is 5.32 Å². The predicted molar refractivity (Wildman–Crippen MR) is 81.1 cm³/mol. The van der Waals surface area contributed by atoms with Gasteiger partial charge in [0, 0.05) is 12.2 Å². The zero-order valence-corrected chi connectivity index (χ0v) is 11.9. The summed E-state index contributed by atoms with van der Waals surface area (Å²) in [6.07, 6.45) is 2.87. The first kappa shape index (κ1) is 13.6. The minimum Gasteiger partial charge on any atom is -0.508 e. The molecule has 0 saturated heterocycles. The van der Waals surface area contributed by atoms with Crippen molar-refractivity contribution < 1.29 is 5.11 Å². The first-order chi connectivity index (χ1) is 10.2. The molecule has 0 amide bonds. The van der Waals surface area contributed by atoms with Crippen LogP contribution in [0.1, 0.15) is 18.3 Å². The van der Waals surface area contributed by atoms with Gasteiger partial charge in [-0.25, -0.2) is 0 Å². The van der Waals surface area contributed by atoms with Crippen LogP contribution in [-0.2, 0) is 13.0 Å². The maximum atomic E-state index is 9.29. The van der Waals surface area contributed by atoms with Crippen LogP contribution in [0.25, 0.3) is 5.65 Å². The second-order valence-electron chi connectivity index (χ2n) is 5.20. The second-order valence-corrected chi connectivity index (χ2v) is 5.20. The number of hydrogen-bond acceptors (Lipinski definition) is 4. The van der Waals surface area contributed by atoms with Crippen LogP contribution in [0.3, 0.4) is 0 Å². The molecule has 3 aromatic rings. The number of aromatic hydroxyl groups is 1. The Morgan fingerprint density at radius 2 is 1.95 bits per heavy atom. The fourth-order valence-electron chi connectivity index (χ4n) is 2.33. The average molecular weight is 282 g/mol. The molecule has 0 spiro atoms. The van der Waals surface area contributed by atoms with E-state index in [-0.39, 0.29) is 0 Å². The van der Waals surface area contributed by atoms with E-state index in [1.807, 2.05) is 40.9 Å². The Kier molecular flexibility index (Phi) is 3.83. The van der Waals surface area contributed by atoms with E-state index in [9.17, 15) is 5.11 Å². The van der Waals surface area contributed by atoms with E-state index >= 15 is 0 Å². The maximum absolute atomic E-state index is 9.29. The largest absolute Gasteiger partial charge is 0.508 e. The molecule has 1 aromatic carbocycles. The number of hydrogen-bond donors (Lipinski definition) is 2. The summed E-state index contributed by atoms with van der Waals surface area (Å²) in [5.41, 5.74) is 2.05. The zero-order chi connectivity index (χ0) is 14.7. The number of benzene rings is 1. The smallest absolute Gasteiger partial charge is 0.160 e. The number of pyridine rings is 1. The summed E-state index contributed by atoms with van der Waals surface area (Å²) in [6, 6.07) is 13.5. The van der Waals surface area contributed by atoms with Gasteiger partial charge in [0.15, 0.2) is 11.5 Å². The number of rotatable bonds is 5. The van der Waals surface area contributed by atoms with Crippen molar-refractivity contribution in [2.24, 2.45) is 0 Å². The summed E-state index contributed by atoms with van der Waals surface area (Å²) in [5.74, 6) is 1.21. The van der Waals surface area contributed by atoms with Gasteiger partial charge in [-0.15, -0.1) is 10.2 Å². The maximum Gasteiger partial charge on any atom is 0.160 e. The molecule has 2 aromatic heterocycles. The van der Waals surface area contributed by atoms with Gasteiger partial charge in [0.2, 0.25) is 0 Å². The molecule has 0 bridgehead atoms. The average Bonchev–Trinajstić information content (AvgIpc) is 2.91. The van der Waals surface area contributed by atoms with Crippen molar-refractivity contribution in [3.63, 3.8) is 0 Å². The summed E-state index contributed by atoms with van der Waals surface area (Å²) in [7, 11) is 0. The van der Waals surface area contributed by atoms with Crippen LogP contribution in [-0.4, -0.2) is 25.7 Å². The monoisotopic (exact) mass is 282 g/mol. The fourth-order valence-corrected chi connectivity index (χ4v) is 2.33. The van der Waals surface area contributed by atoms with Gasteiger partial charge in [-0.05, 0) is 43.2 Å². The fraction of sp³-hybridized carbons (Fsp3) is 0.250. The van der Waals surface area contributed by atoms with Crippen molar-refractivity contribution in [1.29, 1.82) is 0 Å². The third kappa shape index (κ3) is 3.20. The van der Waals surface area contributed by atoms with E-state index in [4.69, 9.17) is 0 Å². The van der Waals surface area contributed by atoms with Gasteiger partial charge in [-0.1, -0.05) is 18.2 Å². The number of aromatic nitrogens is 3. The summed E-state index contributed by atoms with van der Waals surface area (Å²) < 4.78 is 1.99. The zero-order valence-electron chi connectivity index (χ0n) is 11.9. The van der Waals surface area contributed by atoms with Gasteiger partial charge in [-0.2, -0.15) is 0 Å². The highest BCUT2D eigenvalue weighted by molar-refractivity contribution is 5.37. The van der Waals surface area contributed by atoms with Crippen LogP contribution >= 0.6 is 0 Å². The molecule has 0 saturated carbocycles. The molecule has 0 radical (unpaired) electrons. The van der Waals surface area contributed by atoms with Gasteiger partial charge in [0.05, 0.1) is 6.54 Å². The molecule has 0 aliphatic carbocycles. The minimum atomic E-state index is 0.300. The number of phenolic OH excluding ortho intramolecular Hbond substituents is 1. The summed E-state index contributed by atoms with van der Waals surface area (Å²) in [6.45, 7) is 2.81. The van der Waals surface area contributed by atoms with Gasteiger partial charge >= 0.3 is 0 Å². The molecule has 21 heavy (non-hydrogen) atoms. The Bertz CT molecular complexity index is 720. The molecule has 5 nitrogen and oxygen atoms in total. The van der Waals surface area contributed by atoms with Crippen LogP contribution in [0.4, 0.5) is 0 Å².